The molecule has 2 unspecified atom stereocenters. The largest absolute Gasteiger partial charge is 0.490 e. The first kappa shape index (κ1) is 24.3. The number of nitrogens with one attached hydrogen (secondary N) is 2. The fourth-order valence-corrected chi connectivity index (χ4v) is 4.56. The average Bonchev–Trinajstić information content (AvgIpc) is 2.89. The number of allylic oxidation sites excluding steroid dienone is 2. The lowest BCUT2D eigenvalue weighted by Gasteiger charge is -2.26. The third-order valence-corrected chi connectivity index (χ3v) is 6.71. The molecule has 1 amide bonds. The van der Waals surface area contributed by atoms with Gasteiger partial charge in [-0.15, -0.1) is 0 Å². The Hall–Kier alpha value is -2.87. The second kappa shape index (κ2) is 12.0. The van der Waals surface area contributed by atoms with Crippen molar-refractivity contribution in [2.45, 2.75) is 32.1 Å². The summed E-state index contributed by atoms with van der Waals surface area (Å²) in [6.07, 6.45) is 9.57. The van der Waals surface area contributed by atoms with E-state index in [1.54, 1.807) is 17.0 Å². The summed E-state index contributed by atoms with van der Waals surface area (Å²) in [4.78, 5) is 17.0. The van der Waals surface area contributed by atoms with E-state index in [2.05, 4.69) is 22.5 Å². The Morgan fingerprint density at radius 2 is 2.15 bits per heavy atom. The molecule has 3 aliphatic rings. The van der Waals surface area contributed by atoms with Gasteiger partial charge in [-0.1, -0.05) is 18.2 Å². The van der Waals surface area contributed by atoms with Crippen LogP contribution in [0, 0.1) is 17.7 Å². The normalized spacial score (nSPS) is 23.3. The molecule has 4 rings (SSSR count). The van der Waals surface area contributed by atoms with E-state index in [9.17, 15) is 14.3 Å². The van der Waals surface area contributed by atoms with Gasteiger partial charge in [0, 0.05) is 25.6 Å². The van der Waals surface area contributed by atoms with Crippen LogP contribution < -0.4 is 15.0 Å². The van der Waals surface area contributed by atoms with Crippen molar-refractivity contribution in [3.63, 3.8) is 0 Å². The van der Waals surface area contributed by atoms with Crippen LogP contribution in [-0.2, 0) is 9.53 Å². The van der Waals surface area contributed by atoms with Gasteiger partial charge in [-0.2, -0.15) is 0 Å². The molecule has 3 N–H and O–H groups in total. The molecule has 1 aliphatic carbocycles. The van der Waals surface area contributed by atoms with Gasteiger partial charge in [-0.05, 0) is 55.2 Å². The van der Waals surface area contributed by atoms with Gasteiger partial charge >= 0.3 is 5.90 Å². The lowest BCUT2D eigenvalue weighted by Crippen LogP contribution is -2.75. The Morgan fingerprint density at radius 1 is 1.29 bits per heavy atom. The number of amides is 1. The van der Waals surface area contributed by atoms with E-state index in [1.165, 1.54) is 0 Å². The first-order chi connectivity index (χ1) is 16.6. The maximum absolute atomic E-state index is 14.6. The molecule has 0 saturated carbocycles. The molecule has 0 aromatic heterocycles. The standard InChI is InChI=1S/C26H34FN3O4/c27-23-17-22(5-6-24(23)34-18-19-7-10-28-11-8-19)20-1-3-21(4-2-20)26(32)29-12-9-25(31)30-13-15-33-16-14-30/h1,5-7,10,17,19,21,28H,2-4,8-9,11-16,18H2,(H,29,32)/p+1. The Labute approximate surface area is 200 Å². The van der Waals surface area contributed by atoms with Gasteiger partial charge in [-0.25, -0.2) is 9.38 Å². The Kier molecular flexibility index (Phi) is 8.57. The maximum Gasteiger partial charge on any atom is 0.335 e. The summed E-state index contributed by atoms with van der Waals surface area (Å²) >= 11 is 0. The van der Waals surface area contributed by atoms with Crippen LogP contribution >= 0.6 is 0 Å². The van der Waals surface area contributed by atoms with Gasteiger partial charge in [0.1, 0.15) is 0 Å². The number of aliphatic hydroxyl groups excluding tert-OH is 1. The summed E-state index contributed by atoms with van der Waals surface area (Å²) in [7, 11) is 0. The molecule has 0 bridgehead atoms. The minimum atomic E-state index is -0.348. The predicted molar refractivity (Wildman–Crippen MR) is 128 cm³/mol. The number of nitrogens with zero attached hydrogens (tertiary/aromatic N) is 1. The minimum absolute atomic E-state index is 0.00673. The number of benzene rings is 1. The molecule has 2 heterocycles. The van der Waals surface area contributed by atoms with Gasteiger partial charge in [0.2, 0.25) is 5.91 Å². The van der Waals surface area contributed by atoms with E-state index < -0.39 is 0 Å². The second-order valence-electron chi connectivity index (χ2n) is 9.07. The van der Waals surface area contributed by atoms with Crippen molar-refractivity contribution in [1.29, 1.82) is 0 Å². The van der Waals surface area contributed by atoms with Crippen molar-refractivity contribution in [2.24, 2.45) is 11.8 Å². The molecule has 0 radical (unpaired) electrons. The topological polar surface area (TPSA) is 85.0 Å². The molecule has 1 fully saturated rings. The highest BCUT2D eigenvalue weighted by molar-refractivity contribution is 5.77. The van der Waals surface area contributed by atoms with Crippen LogP contribution in [0.1, 0.15) is 37.7 Å². The molecule has 1 aromatic carbocycles. The lowest BCUT2D eigenvalue weighted by atomic mass is 9.86. The average molecular weight is 473 g/mol. The SMILES string of the molecule is O=C(CC[NH+]=C(O)C1CC=C(c2ccc(OCC3C=CNCC3)c(F)c2)CC1)N1CCOCC1. The predicted octanol–water partition coefficient (Wildman–Crippen LogP) is 1.80. The van der Waals surface area contributed by atoms with Crippen molar-refractivity contribution in [3.8, 4) is 5.75 Å². The number of hydrogen-bond acceptors (Lipinski definition) is 4. The zero-order chi connectivity index (χ0) is 23.8. The smallest absolute Gasteiger partial charge is 0.335 e. The van der Waals surface area contributed by atoms with Crippen molar-refractivity contribution in [1.82, 2.24) is 10.2 Å². The van der Waals surface area contributed by atoms with Crippen LogP contribution in [0.3, 0.4) is 0 Å². The molecule has 0 spiro atoms. The number of carbonyl (C=O) groups is 1. The van der Waals surface area contributed by atoms with Crippen LogP contribution in [0.4, 0.5) is 4.39 Å². The minimum Gasteiger partial charge on any atom is -0.490 e. The number of hydrogen-bond donors (Lipinski definition) is 3. The van der Waals surface area contributed by atoms with Crippen LogP contribution in [0.25, 0.3) is 5.57 Å². The zero-order valence-corrected chi connectivity index (χ0v) is 19.6. The van der Waals surface area contributed by atoms with E-state index >= 15 is 0 Å². The fraction of sp³-hybridized carbons (Fsp3) is 0.538. The molecular weight excluding hydrogens is 437 g/mol. The van der Waals surface area contributed by atoms with Crippen molar-refractivity contribution < 1.29 is 28.8 Å². The van der Waals surface area contributed by atoms with Gasteiger partial charge in [0.15, 0.2) is 18.1 Å². The van der Waals surface area contributed by atoms with Crippen LogP contribution in [0.2, 0.25) is 0 Å². The molecule has 1 aromatic rings. The van der Waals surface area contributed by atoms with E-state index in [-0.39, 0.29) is 29.3 Å². The van der Waals surface area contributed by atoms with Crippen molar-refractivity contribution >= 4 is 17.4 Å². The number of morpholine rings is 1. The van der Waals surface area contributed by atoms with Crippen molar-refractivity contribution in [3.05, 3.63) is 47.9 Å². The van der Waals surface area contributed by atoms with Crippen molar-refractivity contribution in [2.75, 3.05) is 46.0 Å². The number of ether oxygens (including phenoxy) is 2. The summed E-state index contributed by atoms with van der Waals surface area (Å²) in [6, 6.07) is 5.15. The molecule has 2 atom stereocenters. The molecule has 8 heteroatoms. The highest BCUT2D eigenvalue weighted by atomic mass is 19.1. The van der Waals surface area contributed by atoms with Gasteiger partial charge in [0.05, 0.1) is 32.2 Å². The molecular formula is C26H35FN3O4+. The molecule has 7 nitrogen and oxygen atoms in total. The van der Waals surface area contributed by atoms with Gasteiger partial charge in [0.25, 0.3) is 0 Å². The number of carbonyl (C=O) groups excluding carboxylic acids is 1. The highest BCUT2D eigenvalue weighted by Gasteiger charge is 2.25. The fourth-order valence-electron chi connectivity index (χ4n) is 4.56. The quantitative estimate of drug-likeness (QED) is 0.397. The highest BCUT2D eigenvalue weighted by Crippen LogP contribution is 2.32. The first-order valence-corrected chi connectivity index (χ1v) is 12.3. The zero-order valence-electron chi connectivity index (χ0n) is 19.6. The monoisotopic (exact) mass is 472 g/mol. The van der Waals surface area contributed by atoms with E-state index in [0.717, 1.165) is 36.9 Å². The third-order valence-electron chi connectivity index (χ3n) is 6.71. The molecule has 34 heavy (non-hydrogen) atoms. The van der Waals surface area contributed by atoms with E-state index in [4.69, 9.17) is 9.47 Å². The van der Waals surface area contributed by atoms with Crippen LogP contribution in [0.15, 0.2) is 36.6 Å². The Bertz CT molecular complexity index is 940. The second-order valence-corrected chi connectivity index (χ2v) is 9.07. The lowest BCUT2D eigenvalue weighted by molar-refractivity contribution is -0.468. The van der Waals surface area contributed by atoms with E-state index in [0.29, 0.717) is 58.2 Å². The summed E-state index contributed by atoms with van der Waals surface area (Å²) in [5.74, 6) is 0.537. The number of aliphatic hydroxyl groups is 1. The number of rotatable bonds is 8. The van der Waals surface area contributed by atoms with Crippen LogP contribution in [-0.4, -0.2) is 67.8 Å². The summed E-state index contributed by atoms with van der Waals surface area (Å²) in [5.41, 5.74) is 1.94. The van der Waals surface area contributed by atoms with Gasteiger partial charge < -0.3 is 24.8 Å². The molecule has 184 valence electrons. The summed E-state index contributed by atoms with van der Waals surface area (Å²) in [6.45, 7) is 4.23. The molecule has 2 aliphatic heterocycles. The third kappa shape index (κ3) is 6.59. The Morgan fingerprint density at radius 3 is 2.85 bits per heavy atom. The maximum atomic E-state index is 14.6. The van der Waals surface area contributed by atoms with E-state index in [1.807, 2.05) is 12.3 Å². The first-order valence-electron chi connectivity index (χ1n) is 12.3. The summed E-state index contributed by atoms with van der Waals surface area (Å²) < 4.78 is 25.6. The van der Waals surface area contributed by atoms with Crippen LogP contribution in [0.5, 0.6) is 5.75 Å². The molecule has 1 saturated heterocycles. The number of halogens is 1. The van der Waals surface area contributed by atoms with Gasteiger partial charge in [-0.3, -0.25) is 4.79 Å². The summed E-state index contributed by atoms with van der Waals surface area (Å²) in [5, 5.41) is 13.6. The Balaban J connectivity index is 1.25.